The Balaban J connectivity index is 2.80. The standard InChI is InChI=1S/C14H20BrNO2/c1-9(2)13(6-7-15)16-14(18)12-5-4-11(17)8-10(12)3/h4-5,8-9,13,17H,6-7H2,1-3H3,(H,16,18). The van der Waals surface area contributed by atoms with Crippen molar-refractivity contribution in [2.24, 2.45) is 5.92 Å². The Morgan fingerprint density at radius 2 is 2.11 bits per heavy atom. The molecule has 0 spiro atoms. The summed E-state index contributed by atoms with van der Waals surface area (Å²) in [6.07, 6.45) is 0.903. The molecule has 100 valence electrons. The Labute approximate surface area is 117 Å². The Hall–Kier alpha value is -1.03. The SMILES string of the molecule is Cc1cc(O)ccc1C(=O)NC(CCBr)C(C)C. The van der Waals surface area contributed by atoms with E-state index in [-0.39, 0.29) is 17.7 Å². The minimum atomic E-state index is -0.0767. The van der Waals surface area contributed by atoms with E-state index in [1.165, 1.54) is 6.07 Å². The second kappa shape index (κ2) is 6.78. The van der Waals surface area contributed by atoms with Crippen molar-refractivity contribution in [3.05, 3.63) is 29.3 Å². The third-order valence-corrected chi connectivity index (χ3v) is 3.45. The number of carbonyl (C=O) groups excluding carboxylic acids is 1. The van der Waals surface area contributed by atoms with Crippen LogP contribution in [0.5, 0.6) is 5.75 Å². The topological polar surface area (TPSA) is 49.3 Å². The van der Waals surface area contributed by atoms with Gasteiger partial charge in [-0.3, -0.25) is 4.79 Å². The molecule has 1 amide bonds. The molecule has 1 atom stereocenters. The lowest BCUT2D eigenvalue weighted by atomic mass is 10.0. The number of aryl methyl sites for hydroxylation is 1. The number of amides is 1. The fourth-order valence-electron chi connectivity index (χ4n) is 1.84. The van der Waals surface area contributed by atoms with Gasteiger partial charge in [0.15, 0.2) is 0 Å². The molecule has 0 aliphatic rings. The zero-order chi connectivity index (χ0) is 13.7. The van der Waals surface area contributed by atoms with E-state index in [0.717, 1.165) is 17.3 Å². The number of aromatic hydroxyl groups is 1. The minimum absolute atomic E-state index is 0.0767. The minimum Gasteiger partial charge on any atom is -0.508 e. The van der Waals surface area contributed by atoms with Gasteiger partial charge in [-0.2, -0.15) is 0 Å². The molecule has 0 heterocycles. The first kappa shape index (κ1) is 15.0. The Bertz CT molecular complexity index is 418. The number of alkyl halides is 1. The molecule has 0 saturated heterocycles. The quantitative estimate of drug-likeness (QED) is 0.820. The van der Waals surface area contributed by atoms with Crippen LogP contribution in [0.1, 0.15) is 36.2 Å². The maximum atomic E-state index is 12.2. The van der Waals surface area contributed by atoms with Crippen LogP contribution >= 0.6 is 15.9 Å². The van der Waals surface area contributed by atoms with Crippen molar-refractivity contribution in [3.63, 3.8) is 0 Å². The molecule has 0 aliphatic carbocycles. The van der Waals surface area contributed by atoms with Gasteiger partial charge in [0.1, 0.15) is 5.75 Å². The van der Waals surface area contributed by atoms with Gasteiger partial charge in [-0.25, -0.2) is 0 Å². The maximum absolute atomic E-state index is 12.2. The van der Waals surface area contributed by atoms with Crippen molar-refractivity contribution in [1.29, 1.82) is 0 Å². The molecule has 0 bridgehead atoms. The summed E-state index contributed by atoms with van der Waals surface area (Å²) >= 11 is 3.40. The number of phenolic OH excluding ortho intramolecular Hbond substituents is 1. The molecule has 1 aromatic rings. The molecule has 1 unspecified atom stereocenters. The van der Waals surface area contributed by atoms with E-state index >= 15 is 0 Å². The van der Waals surface area contributed by atoms with Gasteiger partial charge < -0.3 is 10.4 Å². The van der Waals surface area contributed by atoms with Crippen LogP contribution in [-0.4, -0.2) is 22.4 Å². The van der Waals surface area contributed by atoms with Gasteiger partial charge in [0.2, 0.25) is 0 Å². The van der Waals surface area contributed by atoms with E-state index in [1.54, 1.807) is 12.1 Å². The zero-order valence-electron chi connectivity index (χ0n) is 11.0. The van der Waals surface area contributed by atoms with Crippen LogP contribution in [0.15, 0.2) is 18.2 Å². The lowest BCUT2D eigenvalue weighted by Gasteiger charge is -2.22. The average molecular weight is 314 g/mol. The summed E-state index contributed by atoms with van der Waals surface area (Å²) in [4.78, 5) is 12.2. The summed E-state index contributed by atoms with van der Waals surface area (Å²) in [5, 5.41) is 13.2. The Morgan fingerprint density at radius 1 is 1.44 bits per heavy atom. The van der Waals surface area contributed by atoms with Crippen LogP contribution in [0.25, 0.3) is 0 Å². The van der Waals surface area contributed by atoms with E-state index in [4.69, 9.17) is 0 Å². The van der Waals surface area contributed by atoms with Crippen LogP contribution in [0.3, 0.4) is 0 Å². The maximum Gasteiger partial charge on any atom is 0.251 e. The molecule has 4 heteroatoms. The van der Waals surface area contributed by atoms with Gasteiger partial charge in [-0.05, 0) is 43.0 Å². The molecule has 1 rings (SSSR count). The highest BCUT2D eigenvalue weighted by molar-refractivity contribution is 9.09. The summed E-state index contributed by atoms with van der Waals surface area (Å²) in [5.41, 5.74) is 1.40. The number of nitrogens with one attached hydrogen (secondary N) is 1. The van der Waals surface area contributed by atoms with Crippen molar-refractivity contribution in [1.82, 2.24) is 5.32 Å². The van der Waals surface area contributed by atoms with Crippen LogP contribution in [-0.2, 0) is 0 Å². The van der Waals surface area contributed by atoms with Crippen molar-refractivity contribution in [3.8, 4) is 5.75 Å². The lowest BCUT2D eigenvalue weighted by Crippen LogP contribution is -2.39. The van der Waals surface area contributed by atoms with Crippen molar-refractivity contribution >= 4 is 21.8 Å². The van der Waals surface area contributed by atoms with Crippen LogP contribution < -0.4 is 5.32 Å². The van der Waals surface area contributed by atoms with Gasteiger partial charge in [-0.15, -0.1) is 0 Å². The number of halogens is 1. The third-order valence-electron chi connectivity index (χ3n) is 3.00. The second-order valence-corrected chi connectivity index (χ2v) is 5.59. The monoisotopic (exact) mass is 313 g/mol. The zero-order valence-corrected chi connectivity index (χ0v) is 12.6. The van der Waals surface area contributed by atoms with Crippen molar-refractivity contribution in [2.45, 2.75) is 33.2 Å². The fraction of sp³-hybridized carbons (Fsp3) is 0.500. The summed E-state index contributed by atoms with van der Waals surface area (Å²) in [5.74, 6) is 0.501. The molecule has 0 saturated carbocycles. The molecule has 0 radical (unpaired) electrons. The average Bonchev–Trinajstić information content (AvgIpc) is 2.27. The lowest BCUT2D eigenvalue weighted by molar-refractivity contribution is 0.0924. The highest BCUT2D eigenvalue weighted by Gasteiger charge is 2.17. The molecular formula is C14H20BrNO2. The van der Waals surface area contributed by atoms with Gasteiger partial charge in [0, 0.05) is 16.9 Å². The normalized spacial score (nSPS) is 12.5. The largest absolute Gasteiger partial charge is 0.508 e. The van der Waals surface area contributed by atoms with Gasteiger partial charge in [0.25, 0.3) is 5.91 Å². The number of rotatable bonds is 5. The molecular weight excluding hydrogens is 294 g/mol. The van der Waals surface area contributed by atoms with Crippen molar-refractivity contribution < 1.29 is 9.90 Å². The van der Waals surface area contributed by atoms with Crippen LogP contribution in [0, 0.1) is 12.8 Å². The number of hydrogen-bond donors (Lipinski definition) is 2. The first-order chi connectivity index (χ1) is 8.45. The van der Waals surface area contributed by atoms with Crippen LogP contribution in [0.4, 0.5) is 0 Å². The highest BCUT2D eigenvalue weighted by Crippen LogP contribution is 2.16. The summed E-state index contributed by atoms with van der Waals surface area (Å²) in [6.45, 7) is 6.01. The van der Waals surface area contributed by atoms with E-state index in [1.807, 2.05) is 6.92 Å². The molecule has 0 fully saturated rings. The molecule has 0 aromatic heterocycles. The van der Waals surface area contributed by atoms with E-state index in [2.05, 4.69) is 35.1 Å². The van der Waals surface area contributed by atoms with E-state index in [0.29, 0.717) is 11.5 Å². The highest BCUT2D eigenvalue weighted by atomic mass is 79.9. The first-order valence-corrected chi connectivity index (χ1v) is 7.24. The summed E-state index contributed by atoms with van der Waals surface area (Å²) in [7, 11) is 0. The van der Waals surface area contributed by atoms with Crippen LogP contribution in [0.2, 0.25) is 0 Å². The first-order valence-electron chi connectivity index (χ1n) is 6.12. The molecule has 0 aliphatic heterocycles. The van der Waals surface area contributed by atoms with E-state index < -0.39 is 0 Å². The van der Waals surface area contributed by atoms with Gasteiger partial charge >= 0.3 is 0 Å². The summed E-state index contributed by atoms with van der Waals surface area (Å²) < 4.78 is 0. The predicted octanol–water partition coefficient (Wildman–Crippen LogP) is 3.24. The van der Waals surface area contributed by atoms with Gasteiger partial charge in [0.05, 0.1) is 0 Å². The Morgan fingerprint density at radius 3 is 2.61 bits per heavy atom. The Kier molecular flexibility index (Phi) is 5.66. The number of carbonyl (C=O) groups is 1. The second-order valence-electron chi connectivity index (χ2n) is 4.80. The van der Waals surface area contributed by atoms with E-state index in [9.17, 15) is 9.90 Å². The fourth-order valence-corrected chi connectivity index (χ4v) is 2.33. The van der Waals surface area contributed by atoms with Crippen molar-refractivity contribution in [2.75, 3.05) is 5.33 Å². The molecule has 1 aromatic carbocycles. The predicted molar refractivity (Wildman–Crippen MR) is 77.3 cm³/mol. The number of hydrogen-bond acceptors (Lipinski definition) is 2. The third kappa shape index (κ3) is 4.02. The number of phenols is 1. The summed E-state index contributed by atoms with van der Waals surface area (Å²) in [6, 6.07) is 4.96. The molecule has 18 heavy (non-hydrogen) atoms. The van der Waals surface area contributed by atoms with Gasteiger partial charge in [-0.1, -0.05) is 29.8 Å². The smallest absolute Gasteiger partial charge is 0.251 e. The molecule has 3 nitrogen and oxygen atoms in total. The molecule has 2 N–H and O–H groups in total. The number of benzene rings is 1.